The van der Waals surface area contributed by atoms with Crippen molar-refractivity contribution in [2.45, 2.75) is 13.8 Å². The number of esters is 1. The molecule has 0 bridgehead atoms. The van der Waals surface area contributed by atoms with Crippen LogP contribution < -0.4 is 0 Å². The Hall–Kier alpha value is -1.48. The summed E-state index contributed by atoms with van der Waals surface area (Å²) >= 11 is 0. The van der Waals surface area contributed by atoms with E-state index in [2.05, 4.69) is 21.3 Å². The first-order valence-corrected chi connectivity index (χ1v) is 2.97. The number of carbonyl (C=O) groups is 1. The second kappa shape index (κ2) is 11.3. The van der Waals surface area contributed by atoms with E-state index in [-0.39, 0.29) is 5.97 Å². The molecule has 0 heterocycles. The minimum absolute atomic E-state index is 0.211. The largest absolute Gasteiger partial charge is 0.466 e. The Kier molecular flexibility index (Phi) is 12.6. The molecule has 0 aromatic carbocycles. The zero-order valence-corrected chi connectivity index (χ0v) is 6.65. The number of hydrogen-bond donors (Lipinski definition) is 0. The number of rotatable bonds is 2. The van der Waals surface area contributed by atoms with Crippen LogP contribution in [-0.2, 0) is 9.53 Å². The van der Waals surface area contributed by atoms with E-state index in [4.69, 9.17) is 5.53 Å². The third-order valence-corrected chi connectivity index (χ3v) is 0.481. The van der Waals surface area contributed by atoms with Crippen LogP contribution in [-0.4, -0.2) is 12.6 Å². The first-order chi connectivity index (χ1) is 5.18. The minimum Gasteiger partial charge on any atom is -0.466 e. The van der Waals surface area contributed by atoms with E-state index in [9.17, 15) is 4.79 Å². The molecule has 0 fully saturated rings. The molecule has 11 heavy (non-hydrogen) atoms. The number of azide groups is 1. The summed E-state index contributed by atoms with van der Waals surface area (Å²) in [5, 5.41) is 2.92. The zero-order chi connectivity index (χ0) is 9.11. The van der Waals surface area contributed by atoms with Crippen molar-refractivity contribution in [1.82, 2.24) is 0 Å². The predicted octanol–water partition coefficient (Wildman–Crippen LogP) is 2.01. The molecule has 0 amide bonds. The molecule has 5 nitrogen and oxygen atoms in total. The van der Waals surface area contributed by atoms with Crippen molar-refractivity contribution in [3.05, 3.63) is 23.2 Å². The monoisotopic (exact) mass is 157 g/mol. The number of carbonyl (C=O) groups excluding carboxylic acids is 1. The summed E-state index contributed by atoms with van der Waals surface area (Å²) in [6, 6.07) is 0. The van der Waals surface area contributed by atoms with E-state index in [1.54, 1.807) is 6.92 Å². The topological polar surface area (TPSA) is 75.1 Å². The third kappa shape index (κ3) is 29.2. The van der Waals surface area contributed by atoms with Crippen molar-refractivity contribution < 1.29 is 9.53 Å². The standard InChI is InChI=1S/C4H8O2.C2H3N3/c1-3-6-4(2)5;1-2-4-5-3/h3H2,1-2H3;2H,1H2. The fourth-order valence-corrected chi connectivity index (χ4v) is 0.240. The highest BCUT2D eigenvalue weighted by molar-refractivity contribution is 5.65. The molecule has 0 spiro atoms. The van der Waals surface area contributed by atoms with Crippen LogP contribution in [0.15, 0.2) is 17.9 Å². The first kappa shape index (κ1) is 12.2. The van der Waals surface area contributed by atoms with E-state index >= 15 is 0 Å². The van der Waals surface area contributed by atoms with Gasteiger partial charge in [0.05, 0.1) is 6.61 Å². The summed E-state index contributed by atoms with van der Waals surface area (Å²) in [6.07, 6.45) is 1.14. The van der Waals surface area contributed by atoms with Crippen LogP contribution in [0, 0.1) is 0 Å². The molecular formula is C6H11N3O2. The summed E-state index contributed by atoms with van der Waals surface area (Å²) < 4.78 is 4.40. The molecule has 0 aromatic rings. The molecule has 0 saturated heterocycles. The van der Waals surface area contributed by atoms with Gasteiger partial charge in [-0.2, -0.15) is 0 Å². The summed E-state index contributed by atoms with van der Waals surface area (Å²) in [5.74, 6) is -0.211. The zero-order valence-electron chi connectivity index (χ0n) is 6.65. The first-order valence-electron chi connectivity index (χ1n) is 2.97. The van der Waals surface area contributed by atoms with Crippen LogP contribution in [0.2, 0.25) is 0 Å². The van der Waals surface area contributed by atoms with Gasteiger partial charge in [-0.3, -0.25) is 4.79 Å². The van der Waals surface area contributed by atoms with Gasteiger partial charge in [0.1, 0.15) is 0 Å². The number of hydrogen-bond acceptors (Lipinski definition) is 3. The maximum Gasteiger partial charge on any atom is 0.302 e. The van der Waals surface area contributed by atoms with Gasteiger partial charge in [-0.05, 0) is 18.7 Å². The van der Waals surface area contributed by atoms with Crippen LogP contribution in [0.25, 0.3) is 10.4 Å². The molecule has 0 rings (SSSR count). The lowest BCUT2D eigenvalue weighted by Gasteiger charge is -1.89. The van der Waals surface area contributed by atoms with Crippen molar-refractivity contribution in [3.63, 3.8) is 0 Å². The number of ether oxygens (including phenoxy) is 1. The van der Waals surface area contributed by atoms with Gasteiger partial charge in [-0.1, -0.05) is 11.7 Å². The highest BCUT2D eigenvalue weighted by Gasteiger charge is 1.81. The lowest BCUT2D eigenvalue weighted by atomic mass is 10.8. The predicted molar refractivity (Wildman–Crippen MR) is 41.7 cm³/mol. The molecule has 0 N–H and O–H groups in total. The maximum atomic E-state index is 9.82. The molecule has 0 aliphatic carbocycles. The molecule has 0 atom stereocenters. The van der Waals surface area contributed by atoms with Crippen LogP contribution in [0.1, 0.15) is 13.8 Å². The van der Waals surface area contributed by atoms with E-state index in [1.165, 1.54) is 6.92 Å². The molecule has 0 unspecified atom stereocenters. The quantitative estimate of drug-likeness (QED) is 0.266. The molecular weight excluding hydrogens is 146 g/mol. The molecule has 5 heteroatoms. The Balaban J connectivity index is 0. The van der Waals surface area contributed by atoms with Crippen LogP contribution in [0.3, 0.4) is 0 Å². The Bertz CT molecular complexity index is 161. The van der Waals surface area contributed by atoms with Gasteiger partial charge in [0.25, 0.3) is 0 Å². The van der Waals surface area contributed by atoms with E-state index in [1.807, 2.05) is 0 Å². The van der Waals surface area contributed by atoms with Crippen molar-refractivity contribution in [3.8, 4) is 0 Å². The molecule has 0 aromatic heterocycles. The van der Waals surface area contributed by atoms with Gasteiger partial charge in [0, 0.05) is 11.8 Å². The van der Waals surface area contributed by atoms with Crippen LogP contribution in [0.4, 0.5) is 0 Å². The molecule has 0 saturated carbocycles. The van der Waals surface area contributed by atoms with Crippen molar-refractivity contribution in [2.75, 3.05) is 6.61 Å². The van der Waals surface area contributed by atoms with E-state index < -0.39 is 0 Å². The van der Waals surface area contributed by atoms with Gasteiger partial charge in [-0.25, -0.2) is 0 Å². The van der Waals surface area contributed by atoms with Crippen molar-refractivity contribution >= 4 is 5.97 Å². The fraction of sp³-hybridized carbons (Fsp3) is 0.500. The SMILES string of the molecule is C=CN=[N+]=[N-].CCOC(C)=O. The molecule has 62 valence electrons. The van der Waals surface area contributed by atoms with Gasteiger partial charge in [0.2, 0.25) is 0 Å². The average molecular weight is 157 g/mol. The van der Waals surface area contributed by atoms with Crippen molar-refractivity contribution in [2.24, 2.45) is 5.11 Å². The van der Waals surface area contributed by atoms with Crippen LogP contribution >= 0.6 is 0 Å². The minimum atomic E-state index is -0.211. The lowest BCUT2D eigenvalue weighted by Crippen LogP contribution is -1.95. The van der Waals surface area contributed by atoms with Gasteiger partial charge in [-0.15, -0.1) is 0 Å². The lowest BCUT2D eigenvalue weighted by molar-refractivity contribution is -0.140. The smallest absolute Gasteiger partial charge is 0.302 e. The second-order valence-corrected chi connectivity index (χ2v) is 1.31. The van der Waals surface area contributed by atoms with E-state index in [0.717, 1.165) is 6.20 Å². The molecule has 0 aliphatic rings. The molecule has 0 aliphatic heterocycles. The van der Waals surface area contributed by atoms with Crippen molar-refractivity contribution in [1.29, 1.82) is 0 Å². The number of nitrogens with zero attached hydrogens (tertiary/aromatic N) is 3. The molecule has 0 radical (unpaired) electrons. The Morgan fingerprint density at radius 2 is 2.45 bits per heavy atom. The van der Waals surface area contributed by atoms with Gasteiger partial charge < -0.3 is 4.74 Å². The fourth-order valence-electron chi connectivity index (χ4n) is 0.240. The van der Waals surface area contributed by atoms with Gasteiger partial charge >= 0.3 is 5.97 Å². The average Bonchev–Trinajstić information content (AvgIpc) is 1.90. The van der Waals surface area contributed by atoms with E-state index in [0.29, 0.717) is 6.61 Å². The maximum absolute atomic E-state index is 9.82. The summed E-state index contributed by atoms with van der Waals surface area (Å²) in [5.41, 5.74) is 7.45. The third-order valence-electron chi connectivity index (χ3n) is 0.481. The summed E-state index contributed by atoms with van der Waals surface area (Å²) in [4.78, 5) is 12.2. The van der Waals surface area contributed by atoms with Crippen LogP contribution in [0.5, 0.6) is 0 Å². The highest BCUT2D eigenvalue weighted by atomic mass is 16.5. The summed E-state index contributed by atoms with van der Waals surface area (Å²) in [6.45, 7) is 6.78. The van der Waals surface area contributed by atoms with Gasteiger partial charge in [0.15, 0.2) is 0 Å². The highest BCUT2D eigenvalue weighted by Crippen LogP contribution is 1.69. The normalized spacial score (nSPS) is 6.36. The summed E-state index contributed by atoms with van der Waals surface area (Å²) in [7, 11) is 0. The Morgan fingerprint density at radius 1 is 1.91 bits per heavy atom. The second-order valence-electron chi connectivity index (χ2n) is 1.31. The Labute approximate surface area is 65.3 Å². The Morgan fingerprint density at radius 3 is 2.45 bits per heavy atom.